The minimum Gasteiger partial charge on any atom is -0.481 e. The Morgan fingerprint density at radius 1 is 1.48 bits per heavy atom. The minimum atomic E-state index is -1.03. The molecule has 0 aliphatic heterocycles. The molecule has 1 aromatic carbocycles. The first-order chi connectivity index (χ1) is 9.82. The molecule has 0 saturated heterocycles. The number of aliphatic carboxylic acids is 1. The molecule has 0 bridgehead atoms. The molecule has 2 amide bonds. The maximum absolute atomic E-state index is 11.8. The number of benzene rings is 1. The summed E-state index contributed by atoms with van der Waals surface area (Å²) in [6.45, 7) is 3.28. The van der Waals surface area contributed by atoms with Crippen molar-refractivity contribution in [1.82, 2.24) is 5.32 Å². The number of hydrogen-bond donors (Lipinski definition) is 3. The van der Waals surface area contributed by atoms with Gasteiger partial charge in [-0.2, -0.15) is 5.26 Å². The van der Waals surface area contributed by atoms with Crippen LogP contribution in [-0.4, -0.2) is 23.7 Å². The van der Waals surface area contributed by atoms with E-state index in [1.54, 1.807) is 13.8 Å². The number of halogens is 1. The van der Waals surface area contributed by atoms with E-state index in [-0.39, 0.29) is 6.54 Å². The van der Waals surface area contributed by atoms with Gasteiger partial charge in [-0.25, -0.2) is 4.79 Å². The van der Waals surface area contributed by atoms with Crippen molar-refractivity contribution in [3.05, 3.63) is 28.8 Å². The predicted octanol–water partition coefficient (Wildman–Crippen LogP) is 2.83. The molecule has 0 aliphatic rings. The standard InChI is InChI=1S/C14H16ClN3O3/c1-3-14(2,12(19)20)8-17-13(21)18-11-6-9(7-16)4-5-10(11)15/h4-6H,3,8H2,1-2H3,(H,19,20)(H2,17,18,21). The van der Waals surface area contributed by atoms with Crippen LogP contribution < -0.4 is 10.6 Å². The van der Waals surface area contributed by atoms with Gasteiger partial charge in [0, 0.05) is 6.54 Å². The van der Waals surface area contributed by atoms with Crippen LogP contribution in [-0.2, 0) is 4.79 Å². The van der Waals surface area contributed by atoms with Gasteiger partial charge in [-0.05, 0) is 31.5 Å². The second kappa shape index (κ2) is 6.95. The Morgan fingerprint density at radius 3 is 2.67 bits per heavy atom. The number of nitrogens with zero attached hydrogens (tertiary/aromatic N) is 1. The van der Waals surface area contributed by atoms with Crippen LogP contribution in [0.2, 0.25) is 5.02 Å². The van der Waals surface area contributed by atoms with Gasteiger partial charge in [-0.3, -0.25) is 4.79 Å². The number of rotatable bonds is 5. The number of anilines is 1. The summed E-state index contributed by atoms with van der Waals surface area (Å²) in [6.07, 6.45) is 0.382. The second-order valence-electron chi connectivity index (χ2n) is 4.83. The van der Waals surface area contributed by atoms with Gasteiger partial charge in [0.05, 0.1) is 27.8 Å². The summed E-state index contributed by atoms with van der Waals surface area (Å²) in [7, 11) is 0. The summed E-state index contributed by atoms with van der Waals surface area (Å²) in [6, 6.07) is 5.84. The molecule has 0 fully saturated rings. The molecular formula is C14H16ClN3O3. The van der Waals surface area contributed by atoms with E-state index >= 15 is 0 Å². The quantitative estimate of drug-likeness (QED) is 0.778. The molecular weight excluding hydrogens is 294 g/mol. The van der Waals surface area contributed by atoms with E-state index in [0.717, 1.165) is 0 Å². The molecule has 0 saturated carbocycles. The zero-order chi connectivity index (χ0) is 16.0. The SMILES string of the molecule is CCC(C)(CNC(=O)Nc1cc(C#N)ccc1Cl)C(=O)O. The number of carboxylic acids is 1. The fourth-order valence-corrected chi connectivity index (χ4v) is 1.65. The fraction of sp³-hybridized carbons (Fsp3) is 0.357. The zero-order valence-electron chi connectivity index (χ0n) is 11.7. The number of nitrogens with one attached hydrogen (secondary N) is 2. The third-order valence-corrected chi connectivity index (χ3v) is 3.61. The van der Waals surface area contributed by atoms with E-state index in [1.807, 2.05) is 6.07 Å². The summed E-state index contributed by atoms with van der Waals surface area (Å²) in [5, 5.41) is 23.2. The largest absolute Gasteiger partial charge is 0.481 e. The van der Waals surface area contributed by atoms with Crippen molar-refractivity contribution in [3.63, 3.8) is 0 Å². The summed E-state index contributed by atoms with van der Waals surface area (Å²) in [5.74, 6) is -0.977. The van der Waals surface area contributed by atoms with Crippen LogP contribution >= 0.6 is 11.6 Å². The number of carbonyl (C=O) groups is 2. The van der Waals surface area contributed by atoms with Crippen LogP contribution in [0.3, 0.4) is 0 Å². The lowest BCUT2D eigenvalue weighted by molar-refractivity contribution is -0.147. The molecule has 21 heavy (non-hydrogen) atoms. The molecule has 1 aromatic rings. The van der Waals surface area contributed by atoms with Gasteiger partial charge in [0.1, 0.15) is 0 Å². The third kappa shape index (κ3) is 4.36. The fourth-order valence-electron chi connectivity index (χ4n) is 1.48. The van der Waals surface area contributed by atoms with Gasteiger partial charge in [-0.1, -0.05) is 18.5 Å². The molecule has 112 valence electrons. The average Bonchev–Trinajstić information content (AvgIpc) is 2.46. The first-order valence-electron chi connectivity index (χ1n) is 6.30. The van der Waals surface area contributed by atoms with Gasteiger partial charge in [0.15, 0.2) is 0 Å². The van der Waals surface area contributed by atoms with Crippen LogP contribution in [0.25, 0.3) is 0 Å². The van der Waals surface area contributed by atoms with Gasteiger partial charge in [0.2, 0.25) is 0 Å². The van der Waals surface area contributed by atoms with Crippen LogP contribution in [0, 0.1) is 16.7 Å². The topological polar surface area (TPSA) is 102 Å². The summed E-state index contributed by atoms with van der Waals surface area (Å²) in [4.78, 5) is 22.9. The van der Waals surface area contributed by atoms with Crippen LogP contribution in [0.1, 0.15) is 25.8 Å². The number of carboxylic acid groups (broad SMARTS) is 1. The lowest BCUT2D eigenvalue weighted by Crippen LogP contribution is -2.42. The molecule has 6 nitrogen and oxygen atoms in total. The number of hydrogen-bond acceptors (Lipinski definition) is 3. The van der Waals surface area contributed by atoms with Gasteiger partial charge in [0.25, 0.3) is 0 Å². The van der Waals surface area contributed by atoms with Crippen molar-refractivity contribution >= 4 is 29.3 Å². The summed E-state index contributed by atoms with van der Waals surface area (Å²) in [5.41, 5.74) is -0.379. The molecule has 0 spiro atoms. The number of amides is 2. The van der Waals surface area contributed by atoms with E-state index < -0.39 is 17.4 Å². The van der Waals surface area contributed by atoms with Crippen molar-refractivity contribution in [1.29, 1.82) is 5.26 Å². The van der Waals surface area contributed by atoms with Crippen molar-refractivity contribution in [3.8, 4) is 6.07 Å². The Balaban J connectivity index is 2.71. The van der Waals surface area contributed by atoms with Crippen LogP contribution in [0.4, 0.5) is 10.5 Å². The average molecular weight is 310 g/mol. The number of carbonyl (C=O) groups excluding carboxylic acids is 1. The van der Waals surface area contributed by atoms with E-state index in [9.17, 15) is 9.59 Å². The molecule has 0 heterocycles. The Bertz CT molecular complexity index is 598. The normalized spacial score (nSPS) is 12.9. The second-order valence-corrected chi connectivity index (χ2v) is 5.24. The van der Waals surface area contributed by atoms with Gasteiger partial charge < -0.3 is 15.7 Å². The molecule has 1 unspecified atom stereocenters. The highest BCUT2D eigenvalue weighted by Crippen LogP contribution is 2.23. The van der Waals surface area contributed by atoms with E-state index in [0.29, 0.717) is 22.7 Å². The van der Waals surface area contributed by atoms with Crippen LogP contribution in [0.15, 0.2) is 18.2 Å². The summed E-state index contributed by atoms with van der Waals surface area (Å²) < 4.78 is 0. The first-order valence-corrected chi connectivity index (χ1v) is 6.68. The molecule has 0 aliphatic carbocycles. The Hall–Kier alpha value is -2.26. The highest BCUT2D eigenvalue weighted by molar-refractivity contribution is 6.33. The molecule has 1 rings (SSSR count). The van der Waals surface area contributed by atoms with Crippen molar-refractivity contribution in [2.24, 2.45) is 5.41 Å². The highest BCUT2D eigenvalue weighted by Gasteiger charge is 2.31. The highest BCUT2D eigenvalue weighted by atomic mass is 35.5. The van der Waals surface area contributed by atoms with Crippen molar-refractivity contribution in [2.75, 3.05) is 11.9 Å². The Morgan fingerprint density at radius 2 is 2.14 bits per heavy atom. The smallest absolute Gasteiger partial charge is 0.319 e. The molecule has 0 aromatic heterocycles. The predicted molar refractivity (Wildman–Crippen MR) is 79.2 cm³/mol. The minimum absolute atomic E-state index is 0.0137. The first kappa shape index (κ1) is 16.8. The number of nitriles is 1. The van der Waals surface area contributed by atoms with E-state index in [4.69, 9.17) is 22.0 Å². The lowest BCUT2D eigenvalue weighted by Gasteiger charge is -2.23. The maximum Gasteiger partial charge on any atom is 0.319 e. The van der Waals surface area contributed by atoms with Gasteiger partial charge >= 0.3 is 12.0 Å². The molecule has 0 radical (unpaired) electrons. The van der Waals surface area contributed by atoms with E-state index in [2.05, 4.69) is 10.6 Å². The molecule has 3 N–H and O–H groups in total. The van der Waals surface area contributed by atoms with Crippen molar-refractivity contribution < 1.29 is 14.7 Å². The van der Waals surface area contributed by atoms with Crippen molar-refractivity contribution in [2.45, 2.75) is 20.3 Å². The zero-order valence-corrected chi connectivity index (χ0v) is 12.5. The molecule has 7 heteroatoms. The van der Waals surface area contributed by atoms with Gasteiger partial charge in [-0.15, -0.1) is 0 Å². The molecule has 1 atom stereocenters. The summed E-state index contributed by atoms with van der Waals surface area (Å²) >= 11 is 5.92. The number of urea groups is 1. The Kier molecular flexibility index (Phi) is 5.56. The Labute approximate surface area is 127 Å². The van der Waals surface area contributed by atoms with Crippen LogP contribution in [0.5, 0.6) is 0 Å². The van der Waals surface area contributed by atoms with E-state index in [1.165, 1.54) is 18.2 Å². The third-order valence-electron chi connectivity index (χ3n) is 3.28. The lowest BCUT2D eigenvalue weighted by atomic mass is 9.88. The maximum atomic E-state index is 11.8. The monoisotopic (exact) mass is 309 g/mol.